The summed E-state index contributed by atoms with van der Waals surface area (Å²) >= 11 is 0. The van der Waals surface area contributed by atoms with Gasteiger partial charge in [0.15, 0.2) is 0 Å². The number of ether oxygens (including phenoxy) is 1. The van der Waals surface area contributed by atoms with Crippen molar-refractivity contribution >= 4 is 10.9 Å². The molecule has 3 aromatic rings. The lowest BCUT2D eigenvalue weighted by molar-refractivity contribution is 0.420. The van der Waals surface area contributed by atoms with Gasteiger partial charge in [-0.05, 0) is 48.7 Å². The van der Waals surface area contributed by atoms with Gasteiger partial charge in [-0.25, -0.2) is 0 Å². The quantitative estimate of drug-likeness (QED) is 0.688. The molecule has 2 aromatic carbocycles. The molecule has 0 aliphatic rings. The Hall–Kier alpha value is -2.22. The van der Waals surface area contributed by atoms with Crippen molar-refractivity contribution in [3.63, 3.8) is 0 Å². The molecule has 0 aliphatic carbocycles. The summed E-state index contributed by atoms with van der Waals surface area (Å²) in [5.41, 5.74) is 5.30. The van der Waals surface area contributed by atoms with Gasteiger partial charge in [0.25, 0.3) is 0 Å². The van der Waals surface area contributed by atoms with Crippen LogP contribution in [0.3, 0.4) is 0 Å². The van der Waals surface area contributed by atoms with E-state index in [4.69, 9.17) is 4.74 Å². The number of hydrogen-bond donors (Lipinski definition) is 0. The molecule has 0 radical (unpaired) electrons. The van der Waals surface area contributed by atoms with Gasteiger partial charge in [0.1, 0.15) is 5.75 Å². The topological polar surface area (TPSA) is 14.2 Å². The van der Waals surface area contributed by atoms with Crippen LogP contribution in [-0.2, 0) is 6.54 Å². The molecule has 0 bridgehead atoms. The summed E-state index contributed by atoms with van der Waals surface area (Å²) in [6, 6.07) is 14.8. The number of fused-ring (bicyclic) bond motifs is 1. The predicted molar refractivity (Wildman–Crippen MR) is 83.5 cm³/mol. The molecule has 1 heterocycles. The number of benzene rings is 2. The molecule has 0 atom stereocenters. The van der Waals surface area contributed by atoms with Crippen molar-refractivity contribution < 1.29 is 4.74 Å². The van der Waals surface area contributed by atoms with Gasteiger partial charge in [-0.1, -0.05) is 24.3 Å². The largest absolute Gasteiger partial charge is 0.496 e. The Balaban J connectivity index is 2.08. The number of methoxy groups -OCH3 is 1. The molecule has 0 unspecified atom stereocenters. The fourth-order valence-corrected chi connectivity index (χ4v) is 2.78. The molecular formula is C18H19NO. The molecule has 2 nitrogen and oxygen atoms in total. The van der Waals surface area contributed by atoms with Crippen molar-refractivity contribution in [2.45, 2.75) is 20.4 Å². The van der Waals surface area contributed by atoms with Gasteiger partial charge in [-0.15, -0.1) is 0 Å². The van der Waals surface area contributed by atoms with Gasteiger partial charge in [0, 0.05) is 18.1 Å². The third kappa shape index (κ3) is 2.07. The van der Waals surface area contributed by atoms with Crippen molar-refractivity contribution in [1.82, 2.24) is 4.57 Å². The molecule has 0 aliphatic heterocycles. The standard InChI is InChI=1S/C18H19NO/c1-13-6-4-7-14(2)16(13)12-19-11-10-15-17(19)8-5-9-18(15)20-3/h4-11H,12H2,1-3H3. The highest BCUT2D eigenvalue weighted by atomic mass is 16.5. The summed E-state index contributed by atoms with van der Waals surface area (Å²) in [7, 11) is 1.72. The summed E-state index contributed by atoms with van der Waals surface area (Å²) < 4.78 is 7.71. The van der Waals surface area contributed by atoms with E-state index in [0.29, 0.717) is 0 Å². The molecule has 0 fully saturated rings. The summed E-state index contributed by atoms with van der Waals surface area (Å²) in [5, 5.41) is 1.17. The van der Waals surface area contributed by atoms with Gasteiger partial charge in [0.05, 0.1) is 12.6 Å². The highest BCUT2D eigenvalue weighted by molar-refractivity contribution is 5.86. The minimum atomic E-state index is 0.898. The van der Waals surface area contributed by atoms with Crippen LogP contribution in [0.25, 0.3) is 10.9 Å². The summed E-state index contributed by atoms with van der Waals surface area (Å²) in [4.78, 5) is 0. The lowest BCUT2D eigenvalue weighted by Gasteiger charge is -2.12. The first kappa shape index (κ1) is 12.8. The Bertz CT molecular complexity index is 735. The van der Waals surface area contributed by atoms with E-state index in [1.54, 1.807) is 7.11 Å². The minimum absolute atomic E-state index is 0.898. The maximum atomic E-state index is 5.43. The van der Waals surface area contributed by atoms with Crippen molar-refractivity contribution in [2.24, 2.45) is 0 Å². The predicted octanol–water partition coefficient (Wildman–Crippen LogP) is 4.32. The molecule has 20 heavy (non-hydrogen) atoms. The van der Waals surface area contributed by atoms with Crippen molar-refractivity contribution in [2.75, 3.05) is 7.11 Å². The zero-order valence-corrected chi connectivity index (χ0v) is 12.2. The fraction of sp³-hybridized carbons (Fsp3) is 0.222. The fourth-order valence-electron chi connectivity index (χ4n) is 2.78. The summed E-state index contributed by atoms with van der Waals surface area (Å²) in [6.07, 6.45) is 2.14. The molecular weight excluding hydrogens is 246 g/mol. The van der Waals surface area contributed by atoms with Gasteiger partial charge < -0.3 is 9.30 Å². The number of aryl methyl sites for hydroxylation is 2. The van der Waals surface area contributed by atoms with Crippen molar-refractivity contribution in [1.29, 1.82) is 0 Å². The van der Waals surface area contributed by atoms with Gasteiger partial charge in [-0.2, -0.15) is 0 Å². The van der Waals surface area contributed by atoms with Crippen LogP contribution in [0.2, 0.25) is 0 Å². The van der Waals surface area contributed by atoms with Crippen molar-refractivity contribution in [3.8, 4) is 5.75 Å². The first-order chi connectivity index (χ1) is 9.70. The second kappa shape index (κ2) is 5.04. The van der Waals surface area contributed by atoms with Crippen LogP contribution in [0.4, 0.5) is 0 Å². The summed E-state index contributed by atoms with van der Waals surface area (Å²) in [5.74, 6) is 0.933. The van der Waals surface area contributed by atoms with Crippen LogP contribution in [0.5, 0.6) is 5.75 Å². The van der Waals surface area contributed by atoms with Crippen LogP contribution in [0, 0.1) is 13.8 Å². The molecule has 0 saturated heterocycles. The monoisotopic (exact) mass is 265 g/mol. The van der Waals surface area contributed by atoms with E-state index in [1.807, 2.05) is 12.1 Å². The second-order valence-corrected chi connectivity index (χ2v) is 5.21. The van der Waals surface area contributed by atoms with Crippen LogP contribution in [0.15, 0.2) is 48.7 Å². The number of aromatic nitrogens is 1. The minimum Gasteiger partial charge on any atom is -0.496 e. The lowest BCUT2D eigenvalue weighted by Crippen LogP contribution is -2.02. The maximum absolute atomic E-state index is 5.43. The molecule has 3 rings (SSSR count). The zero-order chi connectivity index (χ0) is 14.1. The highest BCUT2D eigenvalue weighted by Crippen LogP contribution is 2.27. The van der Waals surface area contributed by atoms with E-state index in [9.17, 15) is 0 Å². The Kier molecular flexibility index (Phi) is 3.23. The average Bonchev–Trinajstić information content (AvgIpc) is 2.86. The Morgan fingerprint density at radius 1 is 0.950 bits per heavy atom. The van der Waals surface area contributed by atoms with Crippen LogP contribution in [0.1, 0.15) is 16.7 Å². The zero-order valence-electron chi connectivity index (χ0n) is 12.2. The first-order valence-electron chi connectivity index (χ1n) is 6.87. The van der Waals surface area contributed by atoms with Crippen LogP contribution < -0.4 is 4.74 Å². The Labute approximate surface area is 119 Å². The average molecular weight is 265 g/mol. The third-order valence-corrected chi connectivity index (χ3v) is 3.97. The molecule has 0 N–H and O–H groups in total. The van der Waals surface area contributed by atoms with E-state index in [2.05, 4.69) is 54.9 Å². The van der Waals surface area contributed by atoms with Gasteiger partial charge >= 0.3 is 0 Å². The molecule has 2 heteroatoms. The Morgan fingerprint density at radius 2 is 1.65 bits per heavy atom. The maximum Gasteiger partial charge on any atom is 0.128 e. The van der Waals surface area contributed by atoms with Crippen molar-refractivity contribution in [3.05, 3.63) is 65.4 Å². The smallest absolute Gasteiger partial charge is 0.128 e. The third-order valence-electron chi connectivity index (χ3n) is 3.97. The second-order valence-electron chi connectivity index (χ2n) is 5.21. The van der Waals surface area contributed by atoms with E-state index >= 15 is 0 Å². The van der Waals surface area contributed by atoms with E-state index in [1.165, 1.54) is 27.6 Å². The SMILES string of the molecule is COc1cccc2c1ccn2Cc1c(C)cccc1C. The molecule has 0 saturated carbocycles. The number of rotatable bonds is 3. The highest BCUT2D eigenvalue weighted by Gasteiger charge is 2.08. The molecule has 0 amide bonds. The van der Waals surface area contributed by atoms with Gasteiger partial charge in [-0.3, -0.25) is 0 Å². The lowest BCUT2D eigenvalue weighted by atomic mass is 10.0. The van der Waals surface area contributed by atoms with Crippen LogP contribution >= 0.6 is 0 Å². The number of hydrogen-bond acceptors (Lipinski definition) is 1. The number of nitrogens with zero attached hydrogens (tertiary/aromatic N) is 1. The van der Waals surface area contributed by atoms with Crippen LogP contribution in [-0.4, -0.2) is 11.7 Å². The summed E-state index contributed by atoms with van der Waals surface area (Å²) in [6.45, 7) is 5.25. The van der Waals surface area contributed by atoms with E-state index < -0.39 is 0 Å². The molecule has 102 valence electrons. The van der Waals surface area contributed by atoms with Gasteiger partial charge in [0.2, 0.25) is 0 Å². The molecule has 1 aromatic heterocycles. The normalized spacial score (nSPS) is 10.9. The van der Waals surface area contributed by atoms with E-state index in [0.717, 1.165) is 12.3 Å². The molecule has 0 spiro atoms. The van der Waals surface area contributed by atoms with E-state index in [-0.39, 0.29) is 0 Å². The first-order valence-corrected chi connectivity index (χ1v) is 6.87. The Morgan fingerprint density at radius 3 is 2.35 bits per heavy atom.